The molecule has 0 saturated carbocycles. The lowest BCUT2D eigenvalue weighted by molar-refractivity contribution is 0.515. The largest absolute Gasteiger partial charge is 0.304 e. The van der Waals surface area contributed by atoms with Gasteiger partial charge in [0.1, 0.15) is 0 Å². The fourth-order valence-corrected chi connectivity index (χ4v) is 3.79. The number of halogens is 1. The zero-order valence-electron chi connectivity index (χ0n) is 13.2. The van der Waals surface area contributed by atoms with E-state index < -0.39 is 0 Å². The van der Waals surface area contributed by atoms with Crippen molar-refractivity contribution in [3.05, 3.63) is 38.3 Å². The number of nitrogens with zero attached hydrogens (tertiary/aromatic N) is 2. The van der Waals surface area contributed by atoms with E-state index in [0.29, 0.717) is 0 Å². The molecule has 2 rings (SSSR count). The zero-order chi connectivity index (χ0) is 15.4. The second-order valence-corrected chi connectivity index (χ2v) is 7.07. The molecule has 0 fully saturated rings. The van der Waals surface area contributed by atoms with Crippen LogP contribution in [0.25, 0.3) is 0 Å². The van der Waals surface area contributed by atoms with Crippen LogP contribution < -0.4 is 5.32 Å². The second-order valence-electron chi connectivity index (χ2n) is 5.38. The molecule has 2 heterocycles. The number of aromatic nitrogens is 2. The fourth-order valence-electron chi connectivity index (χ4n) is 2.41. The number of hydrogen-bond acceptors (Lipinski definition) is 3. The van der Waals surface area contributed by atoms with Crippen LogP contribution in [0.1, 0.15) is 53.7 Å². The van der Waals surface area contributed by atoms with E-state index in [1.54, 1.807) is 6.20 Å². The molecule has 0 radical (unpaired) electrons. The maximum Gasteiger partial charge on any atom is 0.0857 e. The minimum Gasteiger partial charge on any atom is -0.304 e. The van der Waals surface area contributed by atoms with Gasteiger partial charge in [-0.2, -0.15) is 5.10 Å². The third kappa shape index (κ3) is 3.68. The number of aryl methyl sites for hydroxylation is 3. The highest BCUT2D eigenvalue weighted by atomic mass is 35.5. The first-order chi connectivity index (χ1) is 10.1. The molecular formula is C16H24ClN3S. The van der Waals surface area contributed by atoms with Crippen LogP contribution in [-0.4, -0.2) is 16.3 Å². The van der Waals surface area contributed by atoms with Crippen molar-refractivity contribution < 1.29 is 0 Å². The molecule has 1 N–H and O–H groups in total. The first kappa shape index (κ1) is 16.5. The van der Waals surface area contributed by atoms with E-state index in [0.717, 1.165) is 36.6 Å². The molecular weight excluding hydrogens is 302 g/mol. The Bertz CT molecular complexity index is 569. The van der Waals surface area contributed by atoms with Gasteiger partial charge < -0.3 is 5.32 Å². The monoisotopic (exact) mass is 325 g/mol. The molecule has 2 aromatic heterocycles. The van der Waals surface area contributed by atoms with Gasteiger partial charge in [0.2, 0.25) is 0 Å². The highest BCUT2D eigenvalue weighted by molar-refractivity contribution is 7.12. The van der Waals surface area contributed by atoms with Crippen molar-refractivity contribution >= 4 is 22.9 Å². The van der Waals surface area contributed by atoms with Crippen molar-refractivity contribution in [2.24, 2.45) is 0 Å². The Morgan fingerprint density at radius 1 is 1.33 bits per heavy atom. The van der Waals surface area contributed by atoms with E-state index in [1.807, 2.05) is 16.0 Å². The molecule has 21 heavy (non-hydrogen) atoms. The SMILES string of the molecule is CCCNC(c1cc(C)c(C)s1)c1c(Cl)cnn1CCC. The minimum atomic E-state index is 0.129. The van der Waals surface area contributed by atoms with Crippen LogP contribution >= 0.6 is 22.9 Å². The van der Waals surface area contributed by atoms with Gasteiger partial charge in [0.15, 0.2) is 0 Å². The number of hydrogen-bond donors (Lipinski definition) is 1. The lowest BCUT2D eigenvalue weighted by Gasteiger charge is -2.19. The highest BCUT2D eigenvalue weighted by Crippen LogP contribution is 2.34. The predicted octanol–water partition coefficient (Wildman–Crippen LogP) is 4.71. The summed E-state index contributed by atoms with van der Waals surface area (Å²) in [6.45, 7) is 10.5. The maximum atomic E-state index is 6.43. The van der Waals surface area contributed by atoms with Gasteiger partial charge in [-0.15, -0.1) is 11.3 Å². The van der Waals surface area contributed by atoms with Crippen molar-refractivity contribution in [3.63, 3.8) is 0 Å². The predicted molar refractivity (Wildman–Crippen MR) is 91.5 cm³/mol. The van der Waals surface area contributed by atoms with Crippen molar-refractivity contribution in [2.45, 2.75) is 53.1 Å². The van der Waals surface area contributed by atoms with E-state index in [-0.39, 0.29) is 6.04 Å². The minimum absolute atomic E-state index is 0.129. The molecule has 0 aliphatic carbocycles. The van der Waals surface area contributed by atoms with Crippen LogP contribution in [0.15, 0.2) is 12.3 Å². The van der Waals surface area contributed by atoms with Crippen molar-refractivity contribution in [3.8, 4) is 0 Å². The Labute approximate surface area is 136 Å². The third-order valence-electron chi connectivity index (χ3n) is 3.61. The van der Waals surface area contributed by atoms with Gasteiger partial charge in [-0.1, -0.05) is 25.4 Å². The second kappa shape index (κ2) is 7.43. The summed E-state index contributed by atoms with van der Waals surface area (Å²) >= 11 is 8.28. The van der Waals surface area contributed by atoms with Crippen LogP contribution in [0.4, 0.5) is 0 Å². The summed E-state index contributed by atoms with van der Waals surface area (Å²) < 4.78 is 2.04. The Morgan fingerprint density at radius 3 is 2.67 bits per heavy atom. The summed E-state index contributed by atoms with van der Waals surface area (Å²) in [6.07, 6.45) is 3.91. The molecule has 3 nitrogen and oxygen atoms in total. The average Bonchev–Trinajstić information content (AvgIpc) is 2.97. The van der Waals surface area contributed by atoms with Crippen LogP contribution in [0, 0.1) is 13.8 Å². The van der Waals surface area contributed by atoms with Crippen LogP contribution in [0.3, 0.4) is 0 Å². The van der Waals surface area contributed by atoms with Crippen LogP contribution in [0.2, 0.25) is 5.02 Å². The van der Waals surface area contributed by atoms with Crippen molar-refractivity contribution in [1.82, 2.24) is 15.1 Å². The van der Waals surface area contributed by atoms with E-state index in [2.05, 4.69) is 44.2 Å². The summed E-state index contributed by atoms with van der Waals surface area (Å²) in [7, 11) is 0. The summed E-state index contributed by atoms with van der Waals surface area (Å²) in [5, 5.41) is 8.82. The Morgan fingerprint density at radius 2 is 2.10 bits per heavy atom. The summed E-state index contributed by atoms with van der Waals surface area (Å²) in [5.41, 5.74) is 2.43. The highest BCUT2D eigenvalue weighted by Gasteiger charge is 2.23. The molecule has 0 aromatic carbocycles. The van der Waals surface area contributed by atoms with Crippen molar-refractivity contribution in [1.29, 1.82) is 0 Å². The fraction of sp³-hybridized carbons (Fsp3) is 0.562. The summed E-state index contributed by atoms with van der Waals surface area (Å²) in [4.78, 5) is 2.68. The number of thiophene rings is 1. The molecule has 0 aliphatic rings. The first-order valence-corrected chi connectivity index (χ1v) is 8.79. The van der Waals surface area contributed by atoms with Crippen LogP contribution in [0.5, 0.6) is 0 Å². The molecule has 0 spiro atoms. The van der Waals surface area contributed by atoms with Gasteiger partial charge in [-0.05, 0) is 44.9 Å². The topological polar surface area (TPSA) is 29.9 Å². The molecule has 0 aliphatic heterocycles. The third-order valence-corrected chi connectivity index (χ3v) is 5.12. The molecule has 0 saturated heterocycles. The standard InChI is InChI=1S/C16H24ClN3S/c1-5-7-18-15(14-9-11(3)12(4)21-14)16-13(17)10-19-20(16)8-6-2/h9-10,15,18H,5-8H2,1-4H3. The molecule has 116 valence electrons. The van der Waals surface area contributed by atoms with Gasteiger partial charge in [-0.25, -0.2) is 0 Å². The van der Waals surface area contributed by atoms with E-state index in [4.69, 9.17) is 11.6 Å². The van der Waals surface area contributed by atoms with E-state index in [9.17, 15) is 0 Å². The Kier molecular flexibility index (Phi) is 5.85. The summed E-state index contributed by atoms with van der Waals surface area (Å²) in [6, 6.07) is 2.40. The molecule has 1 unspecified atom stereocenters. The maximum absolute atomic E-state index is 6.43. The zero-order valence-corrected chi connectivity index (χ0v) is 14.8. The molecule has 5 heteroatoms. The average molecular weight is 326 g/mol. The quantitative estimate of drug-likeness (QED) is 0.798. The molecule has 0 amide bonds. The lowest BCUT2D eigenvalue weighted by Crippen LogP contribution is -2.25. The van der Waals surface area contributed by atoms with Gasteiger partial charge in [-0.3, -0.25) is 4.68 Å². The van der Waals surface area contributed by atoms with Gasteiger partial charge in [0.05, 0.1) is 23.0 Å². The van der Waals surface area contributed by atoms with Gasteiger partial charge in [0, 0.05) is 16.3 Å². The normalized spacial score (nSPS) is 12.8. The smallest absolute Gasteiger partial charge is 0.0857 e. The Hall–Kier alpha value is -0.840. The summed E-state index contributed by atoms with van der Waals surface area (Å²) in [5.74, 6) is 0. The number of nitrogens with one attached hydrogen (secondary N) is 1. The molecule has 1 atom stereocenters. The lowest BCUT2D eigenvalue weighted by atomic mass is 10.1. The Balaban J connectivity index is 2.42. The number of rotatable bonds is 7. The first-order valence-electron chi connectivity index (χ1n) is 7.60. The van der Waals surface area contributed by atoms with Gasteiger partial charge in [0.25, 0.3) is 0 Å². The van der Waals surface area contributed by atoms with Crippen molar-refractivity contribution in [2.75, 3.05) is 6.54 Å². The molecule has 2 aromatic rings. The molecule has 0 bridgehead atoms. The van der Waals surface area contributed by atoms with Crippen LogP contribution in [-0.2, 0) is 6.54 Å². The van der Waals surface area contributed by atoms with E-state index in [1.165, 1.54) is 15.3 Å². The van der Waals surface area contributed by atoms with Gasteiger partial charge >= 0.3 is 0 Å². The van der Waals surface area contributed by atoms with E-state index >= 15 is 0 Å².